The maximum absolute atomic E-state index is 6.24. The third-order valence-electron chi connectivity index (χ3n) is 4.08. The molecule has 92 valence electrons. The van der Waals surface area contributed by atoms with Crippen LogP contribution in [0.3, 0.4) is 0 Å². The molecule has 0 saturated carbocycles. The Bertz CT molecular complexity index is 828. The number of hydrogen-bond acceptors (Lipinski definition) is 1. The Hall–Kier alpha value is -2.28. The minimum Gasteiger partial charge on any atom is -0.398 e. The number of fused-ring (bicyclic) bond motifs is 5. The molecule has 1 aliphatic carbocycles. The first-order chi connectivity index (χ1) is 9.34. The van der Waals surface area contributed by atoms with Gasteiger partial charge in [-0.1, -0.05) is 48.6 Å². The Morgan fingerprint density at radius 3 is 2.53 bits per heavy atom. The summed E-state index contributed by atoms with van der Waals surface area (Å²) in [4.78, 5) is 0. The third-order valence-corrected chi connectivity index (χ3v) is 4.08. The number of allylic oxidation sites excluding steroid dienone is 1. The molecule has 0 spiro atoms. The molecule has 4 rings (SSSR count). The molecule has 0 aliphatic heterocycles. The van der Waals surface area contributed by atoms with Crippen molar-refractivity contribution in [2.75, 3.05) is 5.73 Å². The monoisotopic (exact) mass is 245 g/mol. The van der Waals surface area contributed by atoms with Crippen LogP contribution in [0.2, 0.25) is 0 Å². The minimum atomic E-state index is 0.881. The number of aryl methyl sites for hydroxylation is 1. The highest BCUT2D eigenvalue weighted by molar-refractivity contribution is 6.13. The summed E-state index contributed by atoms with van der Waals surface area (Å²) >= 11 is 0. The molecule has 1 nitrogen and oxygen atoms in total. The van der Waals surface area contributed by atoms with E-state index in [0.29, 0.717) is 0 Å². The zero-order valence-corrected chi connectivity index (χ0v) is 10.7. The topological polar surface area (TPSA) is 26.0 Å². The molecule has 3 aromatic carbocycles. The molecule has 19 heavy (non-hydrogen) atoms. The molecule has 1 aliphatic rings. The quantitative estimate of drug-likeness (QED) is 0.457. The molecule has 0 radical (unpaired) electrons. The van der Waals surface area contributed by atoms with Crippen LogP contribution >= 0.6 is 0 Å². The number of benzene rings is 3. The van der Waals surface area contributed by atoms with Crippen molar-refractivity contribution in [2.45, 2.75) is 12.8 Å². The molecule has 0 aromatic heterocycles. The zero-order chi connectivity index (χ0) is 12.8. The van der Waals surface area contributed by atoms with Gasteiger partial charge in [0, 0.05) is 11.1 Å². The number of nitrogen functional groups attached to an aromatic ring is 1. The van der Waals surface area contributed by atoms with Crippen LogP contribution in [0.5, 0.6) is 0 Å². The van der Waals surface area contributed by atoms with E-state index < -0.39 is 0 Å². The van der Waals surface area contributed by atoms with Crippen LogP contribution in [-0.4, -0.2) is 0 Å². The van der Waals surface area contributed by atoms with Crippen molar-refractivity contribution in [3.05, 3.63) is 59.7 Å². The van der Waals surface area contributed by atoms with Gasteiger partial charge in [-0.2, -0.15) is 0 Å². The van der Waals surface area contributed by atoms with E-state index in [1.807, 2.05) is 6.07 Å². The van der Waals surface area contributed by atoms with E-state index in [1.54, 1.807) is 0 Å². The Kier molecular flexibility index (Phi) is 2.16. The fourth-order valence-electron chi connectivity index (χ4n) is 3.16. The Labute approximate surface area is 112 Å². The van der Waals surface area contributed by atoms with Gasteiger partial charge in [-0.25, -0.2) is 0 Å². The Balaban J connectivity index is 2.22. The van der Waals surface area contributed by atoms with E-state index in [1.165, 1.54) is 27.3 Å². The Morgan fingerprint density at radius 2 is 1.63 bits per heavy atom. The molecule has 0 fully saturated rings. The van der Waals surface area contributed by atoms with Gasteiger partial charge in [-0.15, -0.1) is 0 Å². The largest absolute Gasteiger partial charge is 0.398 e. The normalized spacial score (nSPS) is 13.9. The highest BCUT2D eigenvalue weighted by Gasteiger charge is 2.11. The summed E-state index contributed by atoms with van der Waals surface area (Å²) in [6.07, 6.45) is 6.71. The number of hydrogen-bond donors (Lipinski definition) is 1. The van der Waals surface area contributed by atoms with Gasteiger partial charge in [0.05, 0.1) is 0 Å². The molecule has 0 atom stereocenters. The highest BCUT2D eigenvalue weighted by atomic mass is 14.6. The lowest BCUT2D eigenvalue weighted by molar-refractivity contribution is 0.998. The predicted octanol–water partition coefficient (Wildman–Crippen LogP) is 4.53. The predicted molar refractivity (Wildman–Crippen MR) is 83.2 cm³/mol. The first kappa shape index (κ1) is 10.6. The second kappa shape index (κ2) is 3.86. The summed E-state index contributed by atoms with van der Waals surface area (Å²) in [5.41, 5.74) is 9.90. The van der Waals surface area contributed by atoms with E-state index in [2.05, 4.69) is 48.6 Å². The van der Waals surface area contributed by atoms with Crippen LogP contribution in [0.1, 0.15) is 17.5 Å². The first-order valence-corrected chi connectivity index (χ1v) is 6.74. The summed E-state index contributed by atoms with van der Waals surface area (Å²) in [6.45, 7) is 0. The van der Waals surface area contributed by atoms with Crippen LogP contribution in [0.15, 0.2) is 48.5 Å². The summed E-state index contributed by atoms with van der Waals surface area (Å²) < 4.78 is 0. The van der Waals surface area contributed by atoms with Crippen molar-refractivity contribution >= 4 is 33.3 Å². The molecule has 1 heteroatoms. The smallest absolute Gasteiger partial charge is 0.0400 e. The molecular weight excluding hydrogens is 230 g/mol. The first-order valence-electron chi connectivity index (χ1n) is 6.74. The van der Waals surface area contributed by atoms with Gasteiger partial charge in [-0.05, 0) is 46.2 Å². The lowest BCUT2D eigenvalue weighted by atomic mass is 9.89. The SMILES string of the molecule is Nc1cc2c3c(ccc2c2ccccc12)C=CCC3. The lowest BCUT2D eigenvalue weighted by Gasteiger charge is -2.16. The van der Waals surface area contributed by atoms with Gasteiger partial charge in [-0.3, -0.25) is 0 Å². The van der Waals surface area contributed by atoms with Gasteiger partial charge < -0.3 is 5.73 Å². The summed E-state index contributed by atoms with van der Waals surface area (Å²) in [5, 5.41) is 5.05. The van der Waals surface area contributed by atoms with E-state index in [-0.39, 0.29) is 0 Å². The van der Waals surface area contributed by atoms with Crippen molar-refractivity contribution < 1.29 is 0 Å². The zero-order valence-electron chi connectivity index (χ0n) is 10.7. The molecule has 0 amide bonds. The third kappa shape index (κ3) is 1.48. The molecule has 0 heterocycles. The van der Waals surface area contributed by atoms with Gasteiger partial charge >= 0.3 is 0 Å². The summed E-state index contributed by atoms with van der Waals surface area (Å²) in [7, 11) is 0. The maximum atomic E-state index is 6.24. The van der Waals surface area contributed by atoms with Crippen molar-refractivity contribution in [1.82, 2.24) is 0 Å². The van der Waals surface area contributed by atoms with E-state index >= 15 is 0 Å². The van der Waals surface area contributed by atoms with Crippen LogP contribution in [0.4, 0.5) is 5.69 Å². The van der Waals surface area contributed by atoms with Crippen LogP contribution < -0.4 is 5.73 Å². The van der Waals surface area contributed by atoms with Crippen LogP contribution in [-0.2, 0) is 6.42 Å². The van der Waals surface area contributed by atoms with Crippen molar-refractivity contribution in [3.8, 4) is 0 Å². The van der Waals surface area contributed by atoms with Gasteiger partial charge in [0.15, 0.2) is 0 Å². The molecule has 0 unspecified atom stereocenters. The van der Waals surface area contributed by atoms with Gasteiger partial charge in [0.2, 0.25) is 0 Å². The second-order valence-corrected chi connectivity index (χ2v) is 5.18. The van der Waals surface area contributed by atoms with E-state index in [0.717, 1.165) is 23.9 Å². The highest BCUT2D eigenvalue weighted by Crippen LogP contribution is 2.35. The molecule has 3 aromatic rings. The van der Waals surface area contributed by atoms with Crippen molar-refractivity contribution in [2.24, 2.45) is 0 Å². The van der Waals surface area contributed by atoms with Gasteiger partial charge in [0.1, 0.15) is 0 Å². The Morgan fingerprint density at radius 1 is 0.842 bits per heavy atom. The fraction of sp³-hybridized carbons (Fsp3) is 0.111. The van der Waals surface area contributed by atoms with Crippen molar-refractivity contribution in [1.29, 1.82) is 0 Å². The summed E-state index contributed by atoms with van der Waals surface area (Å²) in [6, 6.07) is 15.0. The molecule has 2 N–H and O–H groups in total. The van der Waals surface area contributed by atoms with E-state index in [4.69, 9.17) is 5.73 Å². The minimum absolute atomic E-state index is 0.881. The summed E-state index contributed by atoms with van der Waals surface area (Å²) in [5.74, 6) is 0. The number of nitrogens with two attached hydrogens (primary N) is 1. The van der Waals surface area contributed by atoms with Gasteiger partial charge in [0.25, 0.3) is 0 Å². The van der Waals surface area contributed by atoms with Crippen LogP contribution in [0, 0.1) is 0 Å². The average Bonchev–Trinajstić information content (AvgIpc) is 2.47. The molecule has 0 bridgehead atoms. The fourth-order valence-corrected chi connectivity index (χ4v) is 3.16. The second-order valence-electron chi connectivity index (χ2n) is 5.18. The standard InChI is InChI=1S/C18H15N/c19-18-11-17-13-6-2-1-5-12(13)9-10-15(17)14-7-3-4-8-16(14)18/h1,3-5,7-11H,2,6,19H2. The average molecular weight is 245 g/mol. The van der Waals surface area contributed by atoms with Crippen LogP contribution in [0.25, 0.3) is 27.6 Å². The lowest BCUT2D eigenvalue weighted by Crippen LogP contribution is -1.97. The molecular formula is C18H15N. The number of rotatable bonds is 0. The maximum Gasteiger partial charge on any atom is 0.0400 e. The number of anilines is 1. The molecule has 0 saturated heterocycles. The van der Waals surface area contributed by atoms with Crippen molar-refractivity contribution in [3.63, 3.8) is 0 Å². The van der Waals surface area contributed by atoms with E-state index in [9.17, 15) is 0 Å².